The van der Waals surface area contributed by atoms with Gasteiger partial charge in [-0.25, -0.2) is 4.98 Å². The molecule has 104 valence electrons. The van der Waals surface area contributed by atoms with Crippen LogP contribution in [-0.2, 0) is 10.2 Å². The van der Waals surface area contributed by atoms with Crippen molar-refractivity contribution >= 4 is 11.8 Å². The number of likely N-dealkylation sites (N-methyl/N-ethyl adjacent to an activating group) is 1. The molecule has 2 rings (SSSR count). The molecule has 2 heterocycles. The molecule has 7 heteroatoms. The summed E-state index contributed by atoms with van der Waals surface area (Å²) in [6.45, 7) is 6.59. The number of likely N-dealkylation sites (tertiary alicyclic amines) is 1. The van der Waals surface area contributed by atoms with Crippen LogP contribution in [0.4, 0.5) is 0 Å². The van der Waals surface area contributed by atoms with Gasteiger partial charge in [-0.2, -0.15) is 0 Å². The highest BCUT2D eigenvalue weighted by atomic mass is 16.2. The van der Waals surface area contributed by atoms with Gasteiger partial charge in [-0.05, 0) is 6.42 Å². The van der Waals surface area contributed by atoms with Crippen LogP contribution in [0.15, 0.2) is 0 Å². The summed E-state index contributed by atoms with van der Waals surface area (Å²) in [6, 6.07) is -0.464. The predicted octanol–water partition coefficient (Wildman–Crippen LogP) is 0.0627. The fraction of sp³-hybridized carbons (Fsp3) is 0.667. The van der Waals surface area contributed by atoms with E-state index in [0.717, 1.165) is 0 Å². The number of aromatic nitrogens is 3. The number of hydrogen-bond donors (Lipinski definition) is 2. The topological polar surface area (TPSA) is 91.0 Å². The van der Waals surface area contributed by atoms with Gasteiger partial charge in [0.2, 0.25) is 11.7 Å². The third-order valence-electron chi connectivity index (χ3n) is 3.13. The molecule has 1 aromatic heterocycles. The van der Waals surface area contributed by atoms with Crippen LogP contribution in [0.25, 0.3) is 0 Å². The molecule has 1 atom stereocenters. The van der Waals surface area contributed by atoms with Crippen molar-refractivity contribution in [3.63, 3.8) is 0 Å². The van der Waals surface area contributed by atoms with Crippen LogP contribution < -0.4 is 5.32 Å². The van der Waals surface area contributed by atoms with Gasteiger partial charge in [0.15, 0.2) is 0 Å². The van der Waals surface area contributed by atoms with Gasteiger partial charge in [0.25, 0.3) is 5.91 Å². The van der Waals surface area contributed by atoms with E-state index in [1.807, 2.05) is 20.8 Å². The average Bonchev–Trinajstić information content (AvgIpc) is 2.91. The molecule has 0 radical (unpaired) electrons. The van der Waals surface area contributed by atoms with E-state index in [0.29, 0.717) is 18.8 Å². The van der Waals surface area contributed by atoms with Crippen molar-refractivity contribution in [1.29, 1.82) is 0 Å². The van der Waals surface area contributed by atoms with Crippen LogP contribution >= 0.6 is 0 Å². The molecular formula is C12H19N5O2. The summed E-state index contributed by atoms with van der Waals surface area (Å²) in [5.41, 5.74) is -0.199. The average molecular weight is 265 g/mol. The summed E-state index contributed by atoms with van der Waals surface area (Å²) in [7, 11) is 1.72. The van der Waals surface area contributed by atoms with E-state index in [1.54, 1.807) is 11.9 Å². The number of rotatable bonds is 2. The Morgan fingerprint density at radius 1 is 1.47 bits per heavy atom. The van der Waals surface area contributed by atoms with Crippen LogP contribution in [0.1, 0.15) is 43.6 Å². The van der Waals surface area contributed by atoms with Crippen molar-refractivity contribution in [3.05, 3.63) is 11.6 Å². The van der Waals surface area contributed by atoms with Crippen molar-refractivity contribution in [3.8, 4) is 0 Å². The Morgan fingerprint density at radius 3 is 2.63 bits per heavy atom. The van der Waals surface area contributed by atoms with Gasteiger partial charge >= 0.3 is 0 Å². The molecule has 0 aromatic carbocycles. The van der Waals surface area contributed by atoms with Gasteiger partial charge in [-0.1, -0.05) is 20.8 Å². The molecule has 0 spiro atoms. The summed E-state index contributed by atoms with van der Waals surface area (Å²) in [4.78, 5) is 29.4. The Labute approximate surface area is 111 Å². The third kappa shape index (κ3) is 2.74. The third-order valence-corrected chi connectivity index (χ3v) is 3.13. The maximum atomic E-state index is 12.0. The van der Waals surface area contributed by atoms with E-state index in [-0.39, 0.29) is 17.1 Å². The Hall–Kier alpha value is -1.92. The summed E-state index contributed by atoms with van der Waals surface area (Å²) < 4.78 is 0. The molecule has 19 heavy (non-hydrogen) atoms. The van der Waals surface area contributed by atoms with Crippen molar-refractivity contribution < 1.29 is 9.59 Å². The molecule has 1 aliphatic heterocycles. The van der Waals surface area contributed by atoms with E-state index in [1.165, 1.54) is 0 Å². The molecule has 1 aliphatic rings. The molecule has 2 amide bonds. The molecule has 1 saturated heterocycles. The molecular weight excluding hydrogens is 246 g/mol. The lowest BCUT2D eigenvalue weighted by Gasteiger charge is -2.13. The van der Waals surface area contributed by atoms with Gasteiger partial charge < -0.3 is 10.2 Å². The van der Waals surface area contributed by atoms with Crippen molar-refractivity contribution in [2.45, 2.75) is 38.6 Å². The molecule has 1 unspecified atom stereocenters. The van der Waals surface area contributed by atoms with Crippen molar-refractivity contribution in [1.82, 2.24) is 25.4 Å². The van der Waals surface area contributed by atoms with Gasteiger partial charge in [-0.15, -0.1) is 5.10 Å². The normalized spacial score (nSPS) is 19.9. The first-order chi connectivity index (χ1) is 8.79. The van der Waals surface area contributed by atoms with E-state index in [2.05, 4.69) is 20.5 Å². The maximum absolute atomic E-state index is 12.0. The maximum Gasteiger partial charge on any atom is 0.291 e. The first-order valence-corrected chi connectivity index (χ1v) is 6.28. The number of aromatic amines is 1. The van der Waals surface area contributed by atoms with E-state index in [4.69, 9.17) is 0 Å². The first-order valence-electron chi connectivity index (χ1n) is 6.28. The second kappa shape index (κ2) is 4.64. The van der Waals surface area contributed by atoms with Gasteiger partial charge in [0.05, 0.1) is 0 Å². The van der Waals surface area contributed by atoms with E-state index in [9.17, 15) is 9.59 Å². The molecule has 0 aliphatic carbocycles. The van der Waals surface area contributed by atoms with E-state index >= 15 is 0 Å². The zero-order chi connectivity index (χ0) is 14.2. The van der Waals surface area contributed by atoms with Gasteiger partial charge in [0, 0.05) is 19.0 Å². The van der Waals surface area contributed by atoms with Crippen molar-refractivity contribution in [2.24, 2.45) is 0 Å². The Balaban J connectivity index is 2.05. The minimum Gasteiger partial charge on any atom is -0.344 e. The standard InChI is InChI=1S/C12H19N5O2/c1-12(2,3)11-14-8(15-16-11)9(18)13-7-5-6-17(4)10(7)19/h7H,5-6H2,1-4H3,(H,13,18)(H,14,15,16). The highest BCUT2D eigenvalue weighted by Crippen LogP contribution is 2.17. The fourth-order valence-corrected chi connectivity index (χ4v) is 1.88. The molecule has 2 N–H and O–H groups in total. The van der Waals surface area contributed by atoms with Crippen LogP contribution in [-0.4, -0.2) is 51.5 Å². The van der Waals surface area contributed by atoms with Crippen LogP contribution in [0, 0.1) is 0 Å². The molecule has 0 bridgehead atoms. The first kappa shape index (κ1) is 13.5. The van der Waals surface area contributed by atoms with E-state index < -0.39 is 11.9 Å². The largest absolute Gasteiger partial charge is 0.344 e. The summed E-state index contributed by atoms with van der Waals surface area (Å²) in [5, 5.41) is 9.31. The minimum atomic E-state index is -0.464. The Kier molecular flexibility index (Phi) is 3.30. The van der Waals surface area contributed by atoms with Gasteiger partial charge in [-0.3, -0.25) is 14.7 Å². The molecule has 7 nitrogen and oxygen atoms in total. The number of hydrogen-bond acceptors (Lipinski definition) is 4. The quantitative estimate of drug-likeness (QED) is 0.791. The molecule has 0 saturated carbocycles. The highest BCUT2D eigenvalue weighted by molar-refractivity contribution is 5.95. The molecule has 1 aromatic rings. The number of H-pyrrole nitrogens is 1. The number of nitrogens with zero attached hydrogens (tertiary/aromatic N) is 3. The number of carbonyl (C=O) groups excluding carboxylic acids is 2. The lowest BCUT2D eigenvalue weighted by molar-refractivity contribution is -0.128. The number of carbonyl (C=O) groups is 2. The number of nitrogens with one attached hydrogen (secondary N) is 2. The fourth-order valence-electron chi connectivity index (χ4n) is 1.88. The highest BCUT2D eigenvalue weighted by Gasteiger charge is 2.31. The smallest absolute Gasteiger partial charge is 0.291 e. The van der Waals surface area contributed by atoms with Crippen LogP contribution in [0.5, 0.6) is 0 Å². The predicted molar refractivity (Wildman–Crippen MR) is 68.6 cm³/mol. The second-order valence-electron chi connectivity index (χ2n) is 5.83. The lowest BCUT2D eigenvalue weighted by Crippen LogP contribution is -2.41. The molecule has 1 fully saturated rings. The summed E-state index contributed by atoms with van der Waals surface area (Å²) >= 11 is 0. The SMILES string of the molecule is CN1CCC(NC(=O)c2n[nH]c(C(C)(C)C)n2)C1=O. The summed E-state index contributed by atoms with van der Waals surface area (Å²) in [5.74, 6) is 0.236. The Bertz CT molecular complexity index is 502. The summed E-state index contributed by atoms with van der Waals surface area (Å²) in [6.07, 6.45) is 0.623. The van der Waals surface area contributed by atoms with Crippen LogP contribution in [0.2, 0.25) is 0 Å². The zero-order valence-electron chi connectivity index (χ0n) is 11.6. The second-order valence-corrected chi connectivity index (χ2v) is 5.83. The minimum absolute atomic E-state index is 0.0695. The Morgan fingerprint density at radius 2 is 2.16 bits per heavy atom. The number of amides is 2. The van der Waals surface area contributed by atoms with Crippen LogP contribution in [0.3, 0.4) is 0 Å². The monoisotopic (exact) mass is 265 g/mol. The lowest BCUT2D eigenvalue weighted by atomic mass is 9.96. The van der Waals surface area contributed by atoms with Gasteiger partial charge in [0.1, 0.15) is 11.9 Å². The zero-order valence-corrected chi connectivity index (χ0v) is 11.6. The van der Waals surface area contributed by atoms with Crippen molar-refractivity contribution in [2.75, 3.05) is 13.6 Å².